The number of carbonyl (C=O) groups is 1. The Morgan fingerprint density at radius 1 is 1.29 bits per heavy atom. The highest BCUT2D eigenvalue weighted by atomic mass is 16.3. The molecular weight excluding hydrogens is 300 g/mol. The van der Waals surface area contributed by atoms with Crippen LogP contribution >= 0.6 is 0 Å². The van der Waals surface area contributed by atoms with E-state index in [0.717, 1.165) is 6.42 Å². The van der Waals surface area contributed by atoms with E-state index in [9.17, 15) is 15.2 Å². The first-order valence-electron chi connectivity index (χ1n) is 7.85. The average molecular weight is 320 g/mol. The van der Waals surface area contributed by atoms with Gasteiger partial charge in [0, 0.05) is 5.69 Å². The van der Waals surface area contributed by atoms with Crippen LogP contribution in [0, 0.1) is 11.3 Å². The van der Waals surface area contributed by atoms with Crippen molar-refractivity contribution in [1.82, 2.24) is 0 Å². The van der Waals surface area contributed by atoms with E-state index < -0.39 is 5.91 Å². The van der Waals surface area contributed by atoms with Crippen molar-refractivity contribution in [2.75, 3.05) is 5.32 Å². The van der Waals surface area contributed by atoms with E-state index in [1.165, 1.54) is 23.8 Å². The maximum atomic E-state index is 12.2. The smallest absolute Gasteiger partial charge is 0.266 e. The van der Waals surface area contributed by atoms with Gasteiger partial charge in [-0.25, -0.2) is 0 Å². The summed E-state index contributed by atoms with van der Waals surface area (Å²) in [6.45, 7) is 4.28. The molecule has 0 fully saturated rings. The zero-order chi connectivity index (χ0) is 17.5. The molecule has 24 heavy (non-hydrogen) atoms. The third-order valence-corrected chi connectivity index (χ3v) is 3.90. The van der Waals surface area contributed by atoms with E-state index in [2.05, 4.69) is 19.2 Å². The van der Waals surface area contributed by atoms with Crippen molar-refractivity contribution < 1.29 is 9.90 Å². The molecule has 0 heterocycles. The molecule has 1 atom stereocenters. The molecule has 0 bridgehead atoms. The lowest BCUT2D eigenvalue weighted by atomic mass is 9.98. The van der Waals surface area contributed by atoms with E-state index in [-0.39, 0.29) is 11.3 Å². The third-order valence-electron chi connectivity index (χ3n) is 3.90. The first kappa shape index (κ1) is 17.3. The summed E-state index contributed by atoms with van der Waals surface area (Å²) in [6.07, 6.45) is 2.50. The lowest BCUT2D eigenvalue weighted by Gasteiger charge is -2.10. The number of nitriles is 1. The van der Waals surface area contributed by atoms with Crippen LogP contribution in [0.4, 0.5) is 5.69 Å². The number of phenols is 1. The Morgan fingerprint density at radius 2 is 2.00 bits per heavy atom. The topological polar surface area (TPSA) is 73.1 Å². The van der Waals surface area contributed by atoms with Crippen LogP contribution in [0.15, 0.2) is 54.1 Å². The van der Waals surface area contributed by atoms with Gasteiger partial charge in [0.15, 0.2) is 0 Å². The lowest BCUT2D eigenvalue weighted by Crippen LogP contribution is -2.13. The lowest BCUT2D eigenvalue weighted by molar-refractivity contribution is -0.112. The summed E-state index contributed by atoms with van der Waals surface area (Å²) in [7, 11) is 0. The molecule has 122 valence electrons. The summed E-state index contributed by atoms with van der Waals surface area (Å²) in [5.41, 5.74) is 2.43. The number of amides is 1. The second-order valence-corrected chi connectivity index (χ2v) is 5.65. The number of hydrogen-bond acceptors (Lipinski definition) is 3. The number of aromatic hydroxyl groups is 1. The third kappa shape index (κ3) is 4.47. The second-order valence-electron chi connectivity index (χ2n) is 5.65. The van der Waals surface area contributed by atoms with E-state index in [0.29, 0.717) is 17.2 Å². The molecule has 0 saturated carbocycles. The summed E-state index contributed by atoms with van der Waals surface area (Å²) in [6, 6.07) is 15.9. The Balaban J connectivity index is 2.14. The van der Waals surface area contributed by atoms with Crippen LogP contribution in [-0.4, -0.2) is 11.0 Å². The normalized spacial score (nSPS) is 12.3. The molecule has 4 heteroatoms. The number of anilines is 1. The van der Waals surface area contributed by atoms with Crippen molar-refractivity contribution in [3.8, 4) is 11.8 Å². The molecule has 0 saturated heterocycles. The molecule has 0 spiro atoms. The first-order valence-corrected chi connectivity index (χ1v) is 7.85. The number of hydrogen-bond donors (Lipinski definition) is 2. The minimum atomic E-state index is -0.475. The zero-order valence-corrected chi connectivity index (χ0v) is 13.8. The van der Waals surface area contributed by atoms with Gasteiger partial charge in [-0.3, -0.25) is 4.79 Å². The van der Waals surface area contributed by atoms with Gasteiger partial charge in [-0.2, -0.15) is 5.26 Å². The molecule has 0 aliphatic rings. The zero-order valence-electron chi connectivity index (χ0n) is 13.8. The summed E-state index contributed by atoms with van der Waals surface area (Å²) in [5.74, 6) is 0.0780. The predicted molar refractivity (Wildman–Crippen MR) is 95.5 cm³/mol. The molecule has 1 unspecified atom stereocenters. The fourth-order valence-corrected chi connectivity index (χ4v) is 2.26. The molecule has 0 aromatic heterocycles. The summed E-state index contributed by atoms with van der Waals surface area (Å²) in [5, 5.41) is 21.4. The number of nitrogens with one attached hydrogen (secondary N) is 1. The van der Waals surface area contributed by atoms with E-state index in [4.69, 9.17) is 0 Å². The number of phenolic OH excluding ortho intramolecular Hbond substituents is 1. The van der Waals surface area contributed by atoms with Crippen molar-refractivity contribution in [2.45, 2.75) is 26.2 Å². The quantitative estimate of drug-likeness (QED) is 0.631. The maximum Gasteiger partial charge on any atom is 0.266 e. The highest BCUT2D eigenvalue weighted by molar-refractivity contribution is 6.09. The summed E-state index contributed by atoms with van der Waals surface area (Å²) < 4.78 is 0. The molecule has 0 radical (unpaired) electrons. The minimum Gasteiger partial charge on any atom is -0.508 e. The van der Waals surface area contributed by atoms with Crippen LogP contribution in [0.25, 0.3) is 6.08 Å². The van der Waals surface area contributed by atoms with E-state index >= 15 is 0 Å². The molecule has 2 aromatic carbocycles. The van der Waals surface area contributed by atoms with Gasteiger partial charge in [-0.15, -0.1) is 0 Å². The summed E-state index contributed by atoms with van der Waals surface area (Å²) >= 11 is 0. The largest absolute Gasteiger partial charge is 0.508 e. The van der Waals surface area contributed by atoms with Gasteiger partial charge in [0.05, 0.1) is 0 Å². The molecule has 2 aromatic rings. The highest BCUT2D eigenvalue weighted by Gasteiger charge is 2.10. The first-order chi connectivity index (χ1) is 11.5. The van der Waals surface area contributed by atoms with Gasteiger partial charge in [0.2, 0.25) is 0 Å². The van der Waals surface area contributed by atoms with E-state index in [1.807, 2.05) is 30.3 Å². The fraction of sp³-hybridized carbons (Fsp3) is 0.200. The second kappa shape index (κ2) is 7.98. The van der Waals surface area contributed by atoms with Crippen LogP contribution in [-0.2, 0) is 4.79 Å². The van der Waals surface area contributed by atoms with Crippen molar-refractivity contribution in [2.24, 2.45) is 0 Å². The maximum absolute atomic E-state index is 12.2. The fourth-order valence-electron chi connectivity index (χ4n) is 2.26. The highest BCUT2D eigenvalue weighted by Crippen LogP contribution is 2.21. The molecule has 2 rings (SSSR count). The monoisotopic (exact) mass is 320 g/mol. The Labute approximate surface area is 142 Å². The van der Waals surface area contributed by atoms with Gasteiger partial charge in [-0.05, 0) is 53.8 Å². The SMILES string of the molecule is CCC(C)c1ccc(NC(=O)/C(C#N)=C\c2cccc(O)c2)cc1. The van der Waals surface area contributed by atoms with Crippen molar-refractivity contribution in [3.05, 3.63) is 65.2 Å². The van der Waals surface area contributed by atoms with Gasteiger partial charge in [-0.1, -0.05) is 38.1 Å². The minimum absolute atomic E-state index is 0.0217. The predicted octanol–water partition coefficient (Wildman–Crippen LogP) is 4.45. The molecule has 1 amide bonds. The number of benzene rings is 2. The molecular formula is C20H20N2O2. The van der Waals surface area contributed by atoms with Gasteiger partial charge >= 0.3 is 0 Å². The average Bonchev–Trinajstić information content (AvgIpc) is 2.59. The summed E-state index contributed by atoms with van der Waals surface area (Å²) in [4.78, 5) is 12.2. The molecule has 4 nitrogen and oxygen atoms in total. The Hall–Kier alpha value is -3.06. The van der Waals surface area contributed by atoms with E-state index in [1.54, 1.807) is 12.1 Å². The Morgan fingerprint density at radius 3 is 2.58 bits per heavy atom. The number of nitrogens with zero attached hydrogens (tertiary/aromatic N) is 1. The van der Waals surface area contributed by atoms with Gasteiger partial charge < -0.3 is 10.4 Å². The Kier molecular flexibility index (Phi) is 5.75. The van der Waals surface area contributed by atoms with Crippen LogP contribution in [0.5, 0.6) is 5.75 Å². The molecule has 0 aliphatic heterocycles. The van der Waals surface area contributed by atoms with Crippen LogP contribution in [0.2, 0.25) is 0 Å². The van der Waals surface area contributed by atoms with Gasteiger partial charge in [0.25, 0.3) is 5.91 Å². The van der Waals surface area contributed by atoms with Crippen LogP contribution in [0.3, 0.4) is 0 Å². The van der Waals surface area contributed by atoms with Crippen LogP contribution < -0.4 is 5.32 Å². The molecule has 2 N–H and O–H groups in total. The number of rotatable bonds is 5. The van der Waals surface area contributed by atoms with Gasteiger partial charge in [0.1, 0.15) is 17.4 Å². The molecule has 0 aliphatic carbocycles. The van der Waals surface area contributed by atoms with Crippen LogP contribution in [0.1, 0.15) is 37.3 Å². The van der Waals surface area contributed by atoms with Crippen molar-refractivity contribution in [1.29, 1.82) is 5.26 Å². The Bertz CT molecular complexity index is 786. The number of carbonyl (C=O) groups excluding carboxylic acids is 1. The van der Waals surface area contributed by atoms with Crippen molar-refractivity contribution >= 4 is 17.7 Å². The standard InChI is InChI=1S/C20H20N2O2/c1-3-14(2)16-7-9-18(10-8-16)22-20(24)17(13-21)11-15-5-4-6-19(23)12-15/h4-12,14,23H,3H2,1-2H3,(H,22,24)/b17-11-. The van der Waals surface area contributed by atoms with Crippen molar-refractivity contribution in [3.63, 3.8) is 0 Å².